The van der Waals surface area contributed by atoms with Gasteiger partial charge in [-0.2, -0.15) is 0 Å². The van der Waals surface area contributed by atoms with Gasteiger partial charge in [-0.05, 0) is 17.2 Å². The molecule has 92 valence electrons. The second kappa shape index (κ2) is 5.96. The van der Waals surface area contributed by atoms with Crippen molar-refractivity contribution in [1.29, 1.82) is 0 Å². The van der Waals surface area contributed by atoms with Crippen LogP contribution >= 0.6 is 0 Å². The van der Waals surface area contributed by atoms with E-state index in [1.165, 1.54) is 12.7 Å². The second-order valence-electron chi connectivity index (χ2n) is 4.02. The van der Waals surface area contributed by atoms with E-state index >= 15 is 0 Å². The Balaban J connectivity index is 2.20. The van der Waals surface area contributed by atoms with Gasteiger partial charge in [-0.25, -0.2) is 0 Å². The lowest BCUT2D eigenvalue weighted by molar-refractivity contribution is -0.139. The van der Waals surface area contributed by atoms with E-state index in [1.54, 1.807) is 6.20 Å². The molecule has 0 fully saturated rings. The molecule has 0 saturated heterocycles. The second-order valence-corrected chi connectivity index (χ2v) is 4.02. The Bertz CT molecular complexity index is 523. The molecule has 0 N–H and O–H groups in total. The average Bonchev–Trinajstić information content (AvgIpc) is 2.42. The molecule has 2 rings (SSSR count). The summed E-state index contributed by atoms with van der Waals surface area (Å²) in [5.41, 5.74) is 3.03. The maximum atomic E-state index is 11.3. The predicted octanol–water partition coefficient (Wildman–Crippen LogP) is 2.39. The first-order valence-corrected chi connectivity index (χ1v) is 5.83. The summed E-state index contributed by atoms with van der Waals surface area (Å²) >= 11 is 0. The van der Waals surface area contributed by atoms with Crippen LogP contribution in [0, 0.1) is 0 Å². The van der Waals surface area contributed by atoms with Crippen LogP contribution in [0.2, 0.25) is 0 Å². The van der Waals surface area contributed by atoms with Crippen LogP contribution in [-0.4, -0.2) is 18.1 Å². The zero-order valence-corrected chi connectivity index (χ0v) is 10.3. The van der Waals surface area contributed by atoms with E-state index < -0.39 is 0 Å². The smallest absolute Gasteiger partial charge is 0.310 e. The normalized spacial score (nSPS) is 10.1. The van der Waals surface area contributed by atoms with Gasteiger partial charge >= 0.3 is 5.97 Å². The van der Waals surface area contributed by atoms with Gasteiger partial charge in [-0.15, -0.1) is 0 Å². The van der Waals surface area contributed by atoms with Crippen LogP contribution in [0.15, 0.2) is 48.7 Å². The van der Waals surface area contributed by atoms with Crippen LogP contribution < -0.4 is 0 Å². The fraction of sp³-hybridized carbons (Fsp3) is 0.200. The first kappa shape index (κ1) is 12.3. The molecular formula is C15H15NO2. The summed E-state index contributed by atoms with van der Waals surface area (Å²) in [5.74, 6) is -0.239. The van der Waals surface area contributed by atoms with Crippen LogP contribution in [0.25, 0.3) is 0 Å². The summed E-state index contributed by atoms with van der Waals surface area (Å²) in [6.45, 7) is 0. The third-order valence-electron chi connectivity index (χ3n) is 2.76. The Morgan fingerprint density at radius 2 is 1.94 bits per heavy atom. The number of hydrogen-bond acceptors (Lipinski definition) is 3. The van der Waals surface area contributed by atoms with Crippen LogP contribution in [0.1, 0.15) is 16.8 Å². The van der Waals surface area contributed by atoms with Crippen molar-refractivity contribution < 1.29 is 9.53 Å². The van der Waals surface area contributed by atoms with Crippen molar-refractivity contribution in [3.63, 3.8) is 0 Å². The van der Waals surface area contributed by atoms with Crippen molar-refractivity contribution in [2.45, 2.75) is 12.8 Å². The Morgan fingerprint density at radius 3 is 2.67 bits per heavy atom. The Hall–Kier alpha value is -2.16. The lowest BCUT2D eigenvalue weighted by Gasteiger charge is -2.07. The van der Waals surface area contributed by atoms with Crippen molar-refractivity contribution in [3.8, 4) is 0 Å². The molecule has 0 aliphatic heterocycles. The number of carbonyl (C=O) groups is 1. The van der Waals surface area contributed by atoms with Crippen molar-refractivity contribution in [2.75, 3.05) is 7.11 Å². The van der Waals surface area contributed by atoms with E-state index in [0.29, 0.717) is 0 Å². The SMILES string of the molecule is COC(=O)Cc1cccnc1Cc1ccccc1. The highest BCUT2D eigenvalue weighted by atomic mass is 16.5. The summed E-state index contributed by atoms with van der Waals surface area (Å²) in [7, 11) is 1.40. The molecule has 0 spiro atoms. The molecule has 0 saturated carbocycles. The van der Waals surface area contributed by atoms with Crippen molar-refractivity contribution in [1.82, 2.24) is 4.98 Å². The predicted molar refractivity (Wildman–Crippen MR) is 69.2 cm³/mol. The Morgan fingerprint density at radius 1 is 1.17 bits per heavy atom. The number of nitrogens with zero attached hydrogens (tertiary/aromatic N) is 1. The van der Waals surface area contributed by atoms with Crippen molar-refractivity contribution in [2.24, 2.45) is 0 Å². The Labute approximate surface area is 106 Å². The van der Waals surface area contributed by atoms with Gasteiger partial charge in [-0.3, -0.25) is 9.78 Å². The van der Waals surface area contributed by atoms with Gasteiger partial charge in [0.25, 0.3) is 0 Å². The molecule has 0 radical (unpaired) electrons. The molecule has 0 atom stereocenters. The van der Waals surface area contributed by atoms with Crippen LogP contribution in [0.3, 0.4) is 0 Å². The highest BCUT2D eigenvalue weighted by molar-refractivity contribution is 5.72. The largest absolute Gasteiger partial charge is 0.469 e. The van der Waals surface area contributed by atoms with Crippen molar-refractivity contribution in [3.05, 3.63) is 65.5 Å². The monoisotopic (exact) mass is 241 g/mol. The van der Waals surface area contributed by atoms with E-state index in [9.17, 15) is 4.79 Å². The minimum atomic E-state index is -0.239. The quantitative estimate of drug-likeness (QED) is 0.771. The highest BCUT2D eigenvalue weighted by Gasteiger charge is 2.09. The summed E-state index contributed by atoms with van der Waals surface area (Å²) in [6.07, 6.45) is 2.75. The number of rotatable bonds is 4. The van der Waals surface area contributed by atoms with E-state index in [1.807, 2.05) is 30.3 Å². The fourth-order valence-corrected chi connectivity index (χ4v) is 1.81. The molecule has 0 aliphatic carbocycles. The molecule has 0 unspecified atom stereocenters. The zero-order valence-electron chi connectivity index (χ0n) is 10.3. The van der Waals surface area contributed by atoms with Crippen LogP contribution in [-0.2, 0) is 22.4 Å². The number of benzene rings is 1. The summed E-state index contributed by atoms with van der Waals surface area (Å²) < 4.78 is 4.69. The third-order valence-corrected chi connectivity index (χ3v) is 2.76. The van der Waals surface area contributed by atoms with Gasteiger partial charge in [0.2, 0.25) is 0 Å². The number of ether oxygens (including phenoxy) is 1. The van der Waals surface area contributed by atoms with E-state index in [2.05, 4.69) is 17.1 Å². The highest BCUT2D eigenvalue weighted by Crippen LogP contribution is 2.12. The average molecular weight is 241 g/mol. The number of pyridine rings is 1. The lowest BCUT2D eigenvalue weighted by Crippen LogP contribution is -2.08. The van der Waals surface area contributed by atoms with Gasteiger partial charge in [0, 0.05) is 18.3 Å². The van der Waals surface area contributed by atoms with E-state index in [4.69, 9.17) is 4.74 Å². The van der Waals surface area contributed by atoms with Gasteiger partial charge < -0.3 is 4.74 Å². The molecule has 0 amide bonds. The van der Waals surface area contributed by atoms with Gasteiger partial charge in [0.05, 0.1) is 13.5 Å². The molecule has 1 heterocycles. The summed E-state index contributed by atoms with van der Waals surface area (Å²) in [6, 6.07) is 13.8. The molecule has 1 aromatic heterocycles. The summed E-state index contributed by atoms with van der Waals surface area (Å²) in [4.78, 5) is 15.7. The molecule has 18 heavy (non-hydrogen) atoms. The first-order chi connectivity index (χ1) is 8.79. The molecule has 3 heteroatoms. The number of methoxy groups -OCH3 is 1. The van der Waals surface area contributed by atoms with Crippen LogP contribution in [0.5, 0.6) is 0 Å². The molecule has 0 aliphatic rings. The minimum absolute atomic E-state index is 0.239. The Kier molecular flexibility index (Phi) is 4.07. The van der Waals surface area contributed by atoms with Gasteiger partial charge in [0.1, 0.15) is 0 Å². The topological polar surface area (TPSA) is 39.2 Å². The van der Waals surface area contributed by atoms with Crippen molar-refractivity contribution >= 4 is 5.97 Å². The number of carbonyl (C=O) groups excluding carboxylic acids is 1. The number of esters is 1. The molecular weight excluding hydrogens is 226 g/mol. The molecule has 1 aromatic carbocycles. The van der Waals surface area contributed by atoms with Gasteiger partial charge in [-0.1, -0.05) is 36.4 Å². The van der Waals surface area contributed by atoms with Crippen LogP contribution in [0.4, 0.5) is 0 Å². The van der Waals surface area contributed by atoms with E-state index in [-0.39, 0.29) is 12.4 Å². The third kappa shape index (κ3) is 3.17. The lowest BCUT2D eigenvalue weighted by atomic mass is 10.0. The summed E-state index contributed by atoms with van der Waals surface area (Å²) in [5, 5.41) is 0. The zero-order chi connectivity index (χ0) is 12.8. The molecule has 0 bridgehead atoms. The number of hydrogen-bond donors (Lipinski definition) is 0. The number of aromatic nitrogens is 1. The maximum Gasteiger partial charge on any atom is 0.310 e. The molecule has 2 aromatic rings. The molecule has 3 nitrogen and oxygen atoms in total. The van der Waals surface area contributed by atoms with E-state index in [0.717, 1.165) is 17.7 Å². The first-order valence-electron chi connectivity index (χ1n) is 5.83. The fourth-order valence-electron chi connectivity index (χ4n) is 1.81. The minimum Gasteiger partial charge on any atom is -0.469 e. The van der Waals surface area contributed by atoms with Gasteiger partial charge in [0.15, 0.2) is 0 Å². The standard InChI is InChI=1S/C15H15NO2/c1-18-15(17)11-13-8-5-9-16-14(13)10-12-6-3-2-4-7-12/h2-9H,10-11H2,1H3. The maximum absolute atomic E-state index is 11.3.